The SMILES string of the molecule is Cc1nc(N)nc(NCCCc2cc3ccccc3nc2N2CCN(C)CC2)c1/C=C/C(=O)O. The Bertz CT molecular complexity index is 1200. The molecule has 0 amide bonds. The second-order valence-corrected chi connectivity index (χ2v) is 8.59. The molecule has 1 fully saturated rings. The van der Waals surface area contributed by atoms with E-state index in [0.29, 0.717) is 23.6 Å². The Morgan fingerprint density at radius 1 is 1.18 bits per heavy atom. The molecule has 0 bridgehead atoms. The van der Waals surface area contributed by atoms with Gasteiger partial charge < -0.3 is 26.0 Å². The molecule has 3 aromatic rings. The van der Waals surface area contributed by atoms with E-state index in [1.165, 1.54) is 11.6 Å². The van der Waals surface area contributed by atoms with Crippen LogP contribution >= 0.6 is 0 Å². The first-order valence-electron chi connectivity index (χ1n) is 11.5. The van der Waals surface area contributed by atoms with Gasteiger partial charge in [0.05, 0.1) is 11.2 Å². The quantitative estimate of drug-likeness (QED) is 0.343. The third kappa shape index (κ3) is 5.60. The van der Waals surface area contributed by atoms with E-state index < -0.39 is 5.97 Å². The minimum atomic E-state index is -1.03. The zero-order valence-electron chi connectivity index (χ0n) is 19.7. The van der Waals surface area contributed by atoms with Crippen molar-refractivity contribution in [2.75, 3.05) is 55.7 Å². The molecule has 0 atom stereocenters. The number of anilines is 3. The fourth-order valence-corrected chi connectivity index (χ4v) is 4.20. The number of carboxylic acid groups (broad SMARTS) is 1. The third-order valence-corrected chi connectivity index (χ3v) is 6.04. The maximum atomic E-state index is 11.0. The summed E-state index contributed by atoms with van der Waals surface area (Å²) in [5.41, 5.74) is 9.32. The first kappa shape index (κ1) is 23.4. The molecular weight excluding hydrogens is 430 g/mol. The number of nitrogen functional groups attached to an aromatic ring is 1. The largest absolute Gasteiger partial charge is 0.478 e. The number of piperazine rings is 1. The first-order valence-corrected chi connectivity index (χ1v) is 11.5. The second-order valence-electron chi connectivity index (χ2n) is 8.59. The molecule has 0 saturated carbocycles. The van der Waals surface area contributed by atoms with Crippen LogP contribution < -0.4 is 16.0 Å². The summed E-state index contributed by atoms with van der Waals surface area (Å²) in [5.74, 6) is 0.739. The summed E-state index contributed by atoms with van der Waals surface area (Å²) in [7, 11) is 2.15. The highest BCUT2D eigenvalue weighted by Gasteiger charge is 2.19. The van der Waals surface area contributed by atoms with Crippen molar-refractivity contribution in [1.82, 2.24) is 19.9 Å². The number of nitrogens with two attached hydrogens (primary N) is 1. The fourth-order valence-electron chi connectivity index (χ4n) is 4.20. The molecule has 3 heterocycles. The summed E-state index contributed by atoms with van der Waals surface area (Å²) in [5, 5.41) is 13.4. The van der Waals surface area contributed by atoms with Crippen LogP contribution in [0.5, 0.6) is 0 Å². The predicted molar refractivity (Wildman–Crippen MR) is 136 cm³/mol. The van der Waals surface area contributed by atoms with E-state index in [1.54, 1.807) is 6.92 Å². The van der Waals surface area contributed by atoms with Crippen molar-refractivity contribution in [3.05, 3.63) is 53.2 Å². The maximum Gasteiger partial charge on any atom is 0.328 e. The van der Waals surface area contributed by atoms with Gasteiger partial charge in [-0.1, -0.05) is 18.2 Å². The Labute approximate surface area is 199 Å². The number of carbonyl (C=O) groups is 1. The van der Waals surface area contributed by atoms with Crippen LogP contribution in [0.4, 0.5) is 17.6 Å². The molecule has 1 saturated heterocycles. The molecule has 1 aromatic carbocycles. The van der Waals surface area contributed by atoms with Crippen LogP contribution in [0.3, 0.4) is 0 Å². The fraction of sp³-hybridized carbons (Fsp3) is 0.360. The van der Waals surface area contributed by atoms with Gasteiger partial charge in [0.15, 0.2) is 0 Å². The van der Waals surface area contributed by atoms with Gasteiger partial charge in [-0.15, -0.1) is 0 Å². The van der Waals surface area contributed by atoms with Crippen LogP contribution in [0, 0.1) is 6.92 Å². The number of aryl methyl sites for hydroxylation is 2. The number of nitrogens with zero attached hydrogens (tertiary/aromatic N) is 5. The first-order chi connectivity index (χ1) is 16.4. The Morgan fingerprint density at radius 2 is 1.94 bits per heavy atom. The Morgan fingerprint density at radius 3 is 2.71 bits per heavy atom. The molecule has 9 nitrogen and oxygen atoms in total. The molecule has 0 unspecified atom stereocenters. The molecule has 0 radical (unpaired) electrons. The van der Waals surface area contributed by atoms with Crippen LogP contribution in [0.15, 0.2) is 36.4 Å². The van der Waals surface area contributed by atoms with Crippen molar-refractivity contribution in [1.29, 1.82) is 0 Å². The van der Waals surface area contributed by atoms with E-state index in [-0.39, 0.29) is 5.95 Å². The summed E-state index contributed by atoms with van der Waals surface area (Å²) in [6.07, 6.45) is 4.28. The average Bonchev–Trinajstić information content (AvgIpc) is 2.81. The summed E-state index contributed by atoms with van der Waals surface area (Å²) < 4.78 is 0. The third-order valence-electron chi connectivity index (χ3n) is 6.04. The van der Waals surface area contributed by atoms with Gasteiger partial charge in [0.1, 0.15) is 11.6 Å². The van der Waals surface area contributed by atoms with Crippen molar-refractivity contribution in [3.8, 4) is 0 Å². The number of aromatic nitrogens is 3. The molecule has 0 spiro atoms. The van der Waals surface area contributed by atoms with E-state index >= 15 is 0 Å². The molecule has 2 aromatic heterocycles. The van der Waals surface area contributed by atoms with Gasteiger partial charge in [-0.3, -0.25) is 0 Å². The standard InChI is InChI=1S/C25H31N7O2/c1-17-20(9-10-22(33)34)23(30-25(26)28-17)27-11-5-7-19-16-18-6-3-4-8-21(18)29-24(19)32-14-12-31(2)13-15-32/h3-4,6,8-10,16H,5,7,11-15H2,1-2H3,(H,33,34)(H3,26,27,28,30)/b10-9+. The number of fused-ring (bicyclic) bond motifs is 1. The molecule has 178 valence electrons. The van der Waals surface area contributed by atoms with Crippen LogP contribution in [0.2, 0.25) is 0 Å². The van der Waals surface area contributed by atoms with Crippen molar-refractivity contribution in [3.63, 3.8) is 0 Å². The van der Waals surface area contributed by atoms with Crippen molar-refractivity contribution >= 4 is 40.5 Å². The summed E-state index contributed by atoms with van der Waals surface area (Å²) in [4.78, 5) is 29.2. The van der Waals surface area contributed by atoms with Gasteiger partial charge in [0.2, 0.25) is 5.95 Å². The molecule has 0 aliphatic carbocycles. The van der Waals surface area contributed by atoms with E-state index in [4.69, 9.17) is 15.8 Å². The lowest BCUT2D eigenvalue weighted by atomic mass is 10.1. The van der Waals surface area contributed by atoms with Gasteiger partial charge in [-0.25, -0.2) is 14.8 Å². The lowest BCUT2D eigenvalue weighted by molar-refractivity contribution is -0.131. The van der Waals surface area contributed by atoms with E-state index in [1.807, 2.05) is 12.1 Å². The Hall–Kier alpha value is -3.72. The number of rotatable bonds is 8. The molecule has 9 heteroatoms. The summed E-state index contributed by atoms with van der Waals surface area (Å²) >= 11 is 0. The van der Waals surface area contributed by atoms with Crippen LogP contribution in [0.25, 0.3) is 17.0 Å². The molecule has 4 rings (SSSR count). The van der Waals surface area contributed by atoms with Gasteiger partial charge in [-0.05, 0) is 50.6 Å². The predicted octanol–water partition coefficient (Wildman–Crippen LogP) is 2.81. The smallest absolute Gasteiger partial charge is 0.328 e. The average molecular weight is 462 g/mol. The lowest BCUT2D eigenvalue weighted by Gasteiger charge is -2.34. The Kier molecular flexibility index (Phi) is 7.22. The van der Waals surface area contributed by atoms with Crippen LogP contribution in [0.1, 0.15) is 23.2 Å². The van der Waals surface area contributed by atoms with E-state index in [9.17, 15) is 4.79 Å². The highest BCUT2D eigenvalue weighted by Crippen LogP contribution is 2.26. The van der Waals surface area contributed by atoms with Gasteiger partial charge in [0, 0.05) is 49.7 Å². The highest BCUT2D eigenvalue weighted by molar-refractivity contribution is 5.87. The Balaban J connectivity index is 1.50. The number of carboxylic acids is 1. The highest BCUT2D eigenvalue weighted by atomic mass is 16.4. The van der Waals surface area contributed by atoms with Gasteiger partial charge in [-0.2, -0.15) is 4.98 Å². The number of para-hydroxylation sites is 1. The molecular formula is C25H31N7O2. The lowest BCUT2D eigenvalue weighted by Crippen LogP contribution is -2.45. The molecule has 1 aliphatic heterocycles. The molecule has 34 heavy (non-hydrogen) atoms. The van der Waals surface area contributed by atoms with Crippen molar-refractivity contribution < 1.29 is 9.90 Å². The minimum Gasteiger partial charge on any atom is -0.478 e. The van der Waals surface area contributed by atoms with Gasteiger partial charge >= 0.3 is 5.97 Å². The number of likely N-dealkylation sites (N-methyl/N-ethyl adjacent to an activating group) is 1. The second kappa shape index (κ2) is 10.5. The zero-order valence-corrected chi connectivity index (χ0v) is 19.7. The molecule has 4 N–H and O–H groups in total. The number of hydrogen-bond acceptors (Lipinski definition) is 8. The number of aliphatic carboxylic acids is 1. The summed E-state index contributed by atoms with van der Waals surface area (Å²) in [6, 6.07) is 10.5. The van der Waals surface area contributed by atoms with Crippen LogP contribution in [-0.2, 0) is 11.2 Å². The zero-order chi connectivity index (χ0) is 24.1. The minimum absolute atomic E-state index is 0.156. The monoisotopic (exact) mass is 461 g/mol. The summed E-state index contributed by atoms with van der Waals surface area (Å²) in [6.45, 7) is 6.41. The number of pyridine rings is 1. The number of hydrogen-bond donors (Lipinski definition) is 3. The van der Waals surface area contributed by atoms with Crippen molar-refractivity contribution in [2.45, 2.75) is 19.8 Å². The van der Waals surface area contributed by atoms with Crippen LogP contribution in [-0.4, -0.2) is 70.7 Å². The maximum absolute atomic E-state index is 11.0. The van der Waals surface area contributed by atoms with E-state index in [0.717, 1.165) is 61.8 Å². The van der Waals surface area contributed by atoms with Gasteiger partial charge in [0.25, 0.3) is 0 Å². The van der Waals surface area contributed by atoms with E-state index in [2.05, 4.69) is 50.3 Å². The number of benzene rings is 1. The molecule has 1 aliphatic rings. The normalized spacial score (nSPS) is 14.7. The number of nitrogens with one attached hydrogen (secondary N) is 1. The topological polar surface area (TPSA) is 120 Å². The van der Waals surface area contributed by atoms with Crippen molar-refractivity contribution in [2.24, 2.45) is 0 Å².